The molecule has 1 unspecified atom stereocenters. The van der Waals surface area contributed by atoms with Crippen molar-refractivity contribution in [2.75, 3.05) is 33.3 Å². The highest BCUT2D eigenvalue weighted by Crippen LogP contribution is 2.32. The summed E-state index contributed by atoms with van der Waals surface area (Å²) in [7, 11) is 1.88. The molecule has 0 aromatic carbocycles. The van der Waals surface area contributed by atoms with Gasteiger partial charge >= 0.3 is 0 Å². The van der Waals surface area contributed by atoms with E-state index in [0.717, 1.165) is 25.4 Å². The van der Waals surface area contributed by atoms with Crippen molar-refractivity contribution in [1.82, 2.24) is 10.2 Å². The molecule has 0 aromatic rings. The quantitative estimate of drug-likeness (QED) is 0.795. The molecule has 4 nitrogen and oxygen atoms in total. The first-order chi connectivity index (χ1) is 7.27. The number of hydrogen-bond donors (Lipinski definition) is 1. The number of ether oxygens (including phenoxy) is 1. The van der Waals surface area contributed by atoms with E-state index in [1.54, 1.807) is 0 Å². The van der Waals surface area contributed by atoms with Gasteiger partial charge in [-0.3, -0.25) is 4.79 Å². The van der Waals surface area contributed by atoms with Gasteiger partial charge in [0.05, 0.1) is 6.61 Å². The maximum Gasteiger partial charge on any atom is 0.252 e. The number of nitrogens with one attached hydrogen (secondary N) is 1. The molecule has 1 saturated heterocycles. The Morgan fingerprint density at radius 3 is 2.81 bits per heavy atom. The van der Waals surface area contributed by atoms with Crippen LogP contribution >= 0.6 is 12.4 Å². The second-order valence-corrected chi connectivity index (χ2v) is 4.56. The van der Waals surface area contributed by atoms with E-state index < -0.39 is 0 Å². The van der Waals surface area contributed by atoms with Crippen molar-refractivity contribution in [3.8, 4) is 0 Å². The third kappa shape index (κ3) is 3.92. The van der Waals surface area contributed by atoms with Gasteiger partial charge in [-0.2, -0.15) is 0 Å². The molecule has 0 spiro atoms. The van der Waals surface area contributed by atoms with Gasteiger partial charge in [0, 0.05) is 26.7 Å². The molecule has 1 atom stereocenters. The van der Waals surface area contributed by atoms with Crippen molar-refractivity contribution in [3.63, 3.8) is 0 Å². The fourth-order valence-corrected chi connectivity index (χ4v) is 1.86. The van der Waals surface area contributed by atoms with Gasteiger partial charge in [-0.25, -0.2) is 0 Å². The zero-order chi connectivity index (χ0) is 10.7. The van der Waals surface area contributed by atoms with Crippen molar-refractivity contribution in [1.29, 1.82) is 0 Å². The Morgan fingerprint density at radius 2 is 2.25 bits per heavy atom. The summed E-state index contributed by atoms with van der Waals surface area (Å²) in [4.78, 5) is 13.7. The highest BCUT2D eigenvalue weighted by molar-refractivity contribution is 5.85. The summed E-state index contributed by atoms with van der Waals surface area (Å²) < 4.78 is 5.43. The van der Waals surface area contributed by atoms with Crippen LogP contribution in [0.5, 0.6) is 0 Å². The molecule has 1 aliphatic carbocycles. The molecule has 2 rings (SSSR count). The molecule has 0 bridgehead atoms. The summed E-state index contributed by atoms with van der Waals surface area (Å²) in [5.74, 6) is 1.01. The number of carbonyl (C=O) groups is 1. The monoisotopic (exact) mass is 248 g/mol. The van der Waals surface area contributed by atoms with Crippen molar-refractivity contribution >= 4 is 18.3 Å². The van der Waals surface area contributed by atoms with E-state index in [-0.39, 0.29) is 24.4 Å². The molecule has 94 valence electrons. The summed E-state index contributed by atoms with van der Waals surface area (Å²) in [6.45, 7) is 3.04. The number of morpholine rings is 1. The van der Waals surface area contributed by atoms with Gasteiger partial charge in [-0.05, 0) is 12.3 Å². The maximum atomic E-state index is 11.9. The molecule has 1 saturated carbocycles. The molecule has 5 heteroatoms. The molecular weight excluding hydrogens is 228 g/mol. The number of carbonyl (C=O) groups excluding carboxylic acids is 1. The second-order valence-electron chi connectivity index (χ2n) is 4.56. The molecule has 0 radical (unpaired) electrons. The third-order valence-corrected chi connectivity index (χ3v) is 3.15. The molecule has 2 fully saturated rings. The molecule has 0 aromatic heterocycles. The predicted molar refractivity (Wildman–Crippen MR) is 64.8 cm³/mol. The average molecular weight is 249 g/mol. The van der Waals surface area contributed by atoms with Crippen molar-refractivity contribution in [2.45, 2.75) is 25.4 Å². The van der Waals surface area contributed by atoms with Crippen LogP contribution in [0.2, 0.25) is 0 Å². The first-order valence-electron chi connectivity index (χ1n) is 5.84. The lowest BCUT2D eigenvalue weighted by Crippen LogP contribution is -2.48. The van der Waals surface area contributed by atoms with Crippen LogP contribution in [0.25, 0.3) is 0 Å². The van der Waals surface area contributed by atoms with Gasteiger partial charge in [-0.15, -0.1) is 12.4 Å². The summed E-state index contributed by atoms with van der Waals surface area (Å²) in [6.07, 6.45) is 3.60. The van der Waals surface area contributed by atoms with Crippen LogP contribution in [0.4, 0.5) is 0 Å². The number of likely N-dealkylation sites (N-methyl/N-ethyl adjacent to an activating group) is 1. The molecule has 2 aliphatic rings. The molecule has 1 N–H and O–H groups in total. The average Bonchev–Trinajstić information content (AvgIpc) is 3.10. The van der Waals surface area contributed by atoms with Gasteiger partial charge in [0.2, 0.25) is 0 Å². The van der Waals surface area contributed by atoms with E-state index in [0.29, 0.717) is 13.2 Å². The standard InChI is InChI=1S/C11H20N2O2.ClH/c1-13(6-4-9-2-3-9)11(14)10-8-12-5-7-15-10;/h9-10,12H,2-8H2,1H3;1H. The minimum atomic E-state index is -0.261. The molecule has 1 heterocycles. The number of rotatable bonds is 4. The van der Waals surface area contributed by atoms with Gasteiger partial charge in [-0.1, -0.05) is 12.8 Å². The highest BCUT2D eigenvalue weighted by atomic mass is 35.5. The largest absolute Gasteiger partial charge is 0.366 e. The summed E-state index contributed by atoms with van der Waals surface area (Å²) in [5, 5.41) is 3.18. The van der Waals surface area contributed by atoms with Gasteiger partial charge < -0.3 is 15.0 Å². The Morgan fingerprint density at radius 1 is 1.50 bits per heavy atom. The Labute approximate surface area is 103 Å². The van der Waals surface area contributed by atoms with Crippen LogP contribution in [0.1, 0.15) is 19.3 Å². The zero-order valence-electron chi connectivity index (χ0n) is 9.78. The van der Waals surface area contributed by atoms with Crippen LogP contribution < -0.4 is 5.32 Å². The molecular formula is C11H21ClN2O2. The maximum absolute atomic E-state index is 11.9. The fraction of sp³-hybridized carbons (Fsp3) is 0.909. The van der Waals surface area contributed by atoms with Crippen LogP contribution in [0, 0.1) is 5.92 Å². The molecule has 16 heavy (non-hydrogen) atoms. The first kappa shape index (κ1) is 13.7. The third-order valence-electron chi connectivity index (χ3n) is 3.15. The van der Waals surface area contributed by atoms with E-state index >= 15 is 0 Å². The van der Waals surface area contributed by atoms with E-state index in [4.69, 9.17) is 4.74 Å². The van der Waals surface area contributed by atoms with Crippen LogP contribution in [0.3, 0.4) is 0 Å². The van der Waals surface area contributed by atoms with E-state index in [9.17, 15) is 4.79 Å². The lowest BCUT2D eigenvalue weighted by Gasteiger charge is -2.27. The minimum Gasteiger partial charge on any atom is -0.366 e. The van der Waals surface area contributed by atoms with Crippen molar-refractivity contribution in [3.05, 3.63) is 0 Å². The smallest absolute Gasteiger partial charge is 0.252 e. The zero-order valence-corrected chi connectivity index (χ0v) is 10.6. The number of nitrogens with zero attached hydrogens (tertiary/aromatic N) is 1. The number of halogens is 1. The van der Waals surface area contributed by atoms with Crippen molar-refractivity contribution in [2.24, 2.45) is 5.92 Å². The molecule has 1 aliphatic heterocycles. The predicted octanol–water partition coefficient (Wildman–Crippen LogP) is 0.655. The Hall–Kier alpha value is -0.320. The summed E-state index contributed by atoms with van der Waals surface area (Å²) in [6, 6.07) is 0. The topological polar surface area (TPSA) is 41.6 Å². The lowest BCUT2D eigenvalue weighted by atomic mass is 10.2. The van der Waals surface area contributed by atoms with Crippen LogP contribution in [0.15, 0.2) is 0 Å². The SMILES string of the molecule is CN(CCC1CC1)C(=O)C1CNCCO1.Cl. The summed E-state index contributed by atoms with van der Waals surface area (Å²) in [5.41, 5.74) is 0. The fourth-order valence-electron chi connectivity index (χ4n) is 1.86. The first-order valence-corrected chi connectivity index (χ1v) is 5.84. The van der Waals surface area contributed by atoms with E-state index in [1.807, 2.05) is 11.9 Å². The van der Waals surface area contributed by atoms with Gasteiger partial charge in [0.1, 0.15) is 6.10 Å². The van der Waals surface area contributed by atoms with Gasteiger partial charge in [0.15, 0.2) is 0 Å². The van der Waals surface area contributed by atoms with Gasteiger partial charge in [0.25, 0.3) is 5.91 Å². The summed E-state index contributed by atoms with van der Waals surface area (Å²) >= 11 is 0. The number of hydrogen-bond acceptors (Lipinski definition) is 3. The Bertz CT molecular complexity index is 228. The normalized spacial score (nSPS) is 24.7. The Balaban J connectivity index is 0.00000128. The number of amides is 1. The van der Waals surface area contributed by atoms with Crippen LogP contribution in [-0.4, -0.2) is 50.2 Å². The minimum absolute atomic E-state index is 0. The van der Waals surface area contributed by atoms with E-state index in [2.05, 4.69) is 5.32 Å². The second kappa shape index (κ2) is 6.42. The van der Waals surface area contributed by atoms with E-state index in [1.165, 1.54) is 12.8 Å². The Kier molecular flexibility index (Phi) is 5.52. The van der Waals surface area contributed by atoms with Crippen molar-refractivity contribution < 1.29 is 9.53 Å². The molecule has 1 amide bonds. The highest BCUT2D eigenvalue weighted by Gasteiger charge is 2.26. The lowest BCUT2D eigenvalue weighted by molar-refractivity contribution is -0.143. The van der Waals surface area contributed by atoms with Crippen LogP contribution in [-0.2, 0) is 9.53 Å².